The van der Waals surface area contributed by atoms with Gasteiger partial charge in [0.05, 0.1) is 0 Å². The first-order valence-electron chi connectivity index (χ1n) is 12.3. The monoisotopic (exact) mass is 727 g/mol. The Kier molecular flexibility index (Phi) is 8.81. The number of hydrogen-bond acceptors (Lipinski definition) is 10. The summed E-state index contributed by atoms with van der Waals surface area (Å²) in [6.45, 7) is 0.0849. The zero-order chi connectivity index (χ0) is 30.2. The molecule has 2 aromatic rings. The van der Waals surface area contributed by atoms with Gasteiger partial charge in [-0.2, -0.15) is 0 Å². The molecule has 4 heterocycles. The van der Waals surface area contributed by atoms with Crippen molar-refractivity contribution < 1.29 is 74.9 Å². The molecule has 42 heavy (non-hydrogen) atoms. The summed E-state index contributed by atoms with van der Waals surface area (Å²) in [5, 5.41) is 2.40. The van der Waals surface area contributed by atoms with Gasteiger partial charge in [0.15, 0.2) is 0 Å². The van der Waals surface area contributed by atoms with Crippen LogP contribution in [0.1, 0.15) is 39.3 Å². The average molecular weight is 727 g/mol. The van der Waals surface area contributed by atoms with Crippen LogP contribution in [0, 0.1) is 11.6 Å². The van der Waals surface area contributed by atoms with Gasteiger partial charge in [-0.1, -0.05) is 6.07 Å². The third kappa shape index (κ3) is 6.42. The minimum atomic E-state index is -4.86. The number of ether oxygens (including phenoxy) is 2. The van der Waals surface area contributed by atoms with Gasteiger partial charge in [-0.15, -0.1) is 0 Å². The van der Waals surface area contributed by atoms with Gasteiger partial charge in [0.25, 0.3) is 0 Å². The number of aromatic nitrogens is 1. The molecule has 15 nitrogen and oxygen atoms in total. The summed E-state index contributed by atoms with van der Waals surface area (Å²) in [7, 11) is -4.86. The number of halogens is 3. The van der Waals surface area contributed by atoms with Gasteiger partial charge in [-0.05, 0) is 12.5 Å². The van der Waals surface area contributed by atoms with E-state index in [2.05, 4.69) is 20.9 Å². The van der Waals surface area contributed by atoms with Crippen LogP contribution in [0.15, 0.2) is 29.2 Å². The molecule has 0 bridgehead atoms. The molecule has 0 aliphatic carbocycles. The van der Waals surface area contributed by atoms with Crippen molar-refractivity contribution in [3.8, 4) is 5.75 Å². The molecule has 0 radical (unpaired) electrons. The quantitative estimate of drug-likeness (QED) is 0.110. The normalized spacial score (nSPS) is 19.7. The van der Waals surface area contributed by atoms with Crippen molar-refractivity contribution in [1.82, 2.24) is 19.7 Å². The number of carbonyl (C=O) groups excluding carboxylic acids is 3. The summed E-state index contributed by atoms with van der Waals surface area (Å²) in [6.07, 6.45) is 1.33. The number of nitrogens with zero attached hydrogens (tertiary/aromatic N) is 3. The number of fused-ring (bicyclic) bond motifs is 4. The fraction of sp³-hybridized carbons (Fsp3) is 0.391. The number of phosphoric acid groups is 1. The van der Waals surface area contributed by atoms with Gasteiger partial charge >= 0.3 is 202 Å². The second-order valence-corrected chi connectivity index (χ2v) is 12.5. The van der Waals surface area contributed by atoms with Crippen LogP contribution < -0.4 is 37.5 Å². The topological polar surface area (TPSA) is 186 Å². The zero-order valence-corrected chi connectivity index (χ0v) is 24.5. The van der Waals surface area contributed by atoms with Crippen LogP contribution in [0.25, 0.3) is 0 Å². The Hall–Kier alpha value is -3.16. The molecular formula is C23H23F2IN4O11P-. The summed E-state index contributed by atoms with van der Waals surface area (Å²) >= 11 is -2.18. The summed E-state index contributed by atoms with van der Waals surface area (Å²) in [4.78, 5) is 72.9. The number of amides is 2. The number of carbonyl (C=O) groups is 3. The molecule has 228 valence electrons. The maximum atomic E-state index is 14.1. The number of rotatable bonds is 9. The van der Waals surface area contributed by atoms with E-state index in [4.69, 9.17) is 14.5 Å². The molecule has 2 amide bonds. The fourth-order valence-electron chi connectivity index (χ4n) is 5.18. The average Bonchev–Trinajstić information content (AvgIpc) is 3.51. The van der Waals surface area contributed by atoms with E-state index in [1.54, 1.807) is 4.90 Å². The van der Waals surface area contributed by atoms with Crippen molar-refractivity contribution in [2.24, 2.45) is 0 Å². The molecule has 2 atom stereocenters. The predicted octanol–water partition coefficient (Wildman–Crippen LogP) is -2.17. The molecule has 3 N–H and O–H groups in total. The van der Waals surface area contributed by atoms with E-state index in [0.29, 0.717) is 12.6 Å². The van der Waals surface area contributed by atoms with Crippen molar-refractivity contribution in [2.75, 3.05) is 19.9 Å². The first kappa shape index (κ1) is 30.3. The fourth-order valence-corrected chi connectivity index (χ4v) is 6.42. The van der Waals surface area contributed by atoms with E-state index in [1.165, 1.54) is 10.8 Å². The maximum absolute atomic E-state index is 14.1. The van der Waals surface area contributed by atoms with Gasteiger partial charge in [0, 0.05) is 6.07 Å². The molecule has 2 saturated heterocycles. The summed E-state index contributed by atoms with van der Waals surface area (Å²) < 4.78 is 58.0. The van der Waals surface area contributed by atoms with Crippen molar-refractivity contribution in [3.05, 3.63) is 63.1 Å². The van der Waals surface area contributed by atoms with Gasteiger partial charge in [-0.3, -0.25) is 0 Å². The van der Waals surface area contributed by atoms with E-state index in [9.17, 15) is 32.5 Å². The second-order valence-electron chi connectivity index (χ2n) is 9.45. The van der Waals surface area contributed by atoms with E-state index in [0.717, 1.165) is 31.5 Å². The van der Waals surface area contributed by atoms with Crippen molar-refractivity contribution >= 4 is 25.8 Å². The second kappa shape index (κ2) is 12.2. The first-order chi connectivity index (χ1) is 19.9. The van der Waals surface area contributed by atoms with Crippen LogP contribution in [0.3, 0.4) is 0 Å². The molecule has 5 rings (SSSR count). The van der Waals surface area contributed by atoms with Crippen LogP contribution in [-0.2, 0) is 28.3 Å². The molecular weight excluding hydrogens is 704 g/mol. The molecule has 1 aromatic carbocycles. The van der Waals surface area contributed by atoms with Gasteiger partial charge < -0.3 is 0 Å². The van der Waals surface area contributed by atoms with E-state index in [1.807, 2.05) is 0 Å². The Morgan fingerprint density at radius 1 is 1.19 bits per heavy atom. The molecule has 3 aliphatic rings. The number of pyridine rings is 1. The third-order valence-electron chi connectivity index (χ3n) is 6.93. The number of nitrogens with one attached hydrogen (secondary N) is 1. The summed E-state index contributed by atoms with van der Waals surface area (Å²) in [5.74, 6) is -3.74. The SMILES string of the molecule is O=C(OCOc1c2n(cc(C(=O)NCc3ccc(F)cc3F)c1=O)C[C@@H]1N(C[C@H]3CCCN31)C2=O)O[I-]OP(=O)(O)O. The van der Waals surface area contributed by atoms with Gasteiger partial charge in [-0.25, -0.2) is 8.78 Å². The Labute approximate surface area is 246 Å². The van der Waals surface area contributed by atoms with E-state index < -0.39 is 83.0 Å². The van der Waals surface area contributed by atoms with Crippen molar-refractivity contribution in [2.45, 2.75) is 38.1 Å². The van der Waals surface area contributed by atoms with E-state index in [-0.39, 0.29) is 36.6 Å². The molecule has 3 aliphatic heterocycles. The van der Waals surface area contributed by atoms with Crippen molar-refractivity contribution in [1.29, 1.82) is 0 Å². The molecule has 0 spiro atoms. The summed E-state index contributed by atoms with van der Waals surface area (Å²) in [5.41, 5.74) is -1.67. The Balaban J connectivity index is 1.38. The molecule has 19 heteroatoms. The van der Waals surface area contributed by atoms with Gasteiger partial charge in [0.2, 0.25) is 0 Å². The van der Waals surface area contributed by atoms with Crippen LogP contribution in [-0.4, -0.2) is 74.2 Å². The van der Waals surface area contributed by atoms with Gasteiger partial charge in [0.1, 0.15) is 11.6 Å². The molecule has 2 fully saturated rings. The minimum absolute atomic E-state index is 0.0337. The predicted molar refractivity (Wildman–Crippen MR) is 129 cm³/mol. The standard InChI is InChI=1S/C23H23F2IN4O11P/c24-13-4-3-12(16(25)6-13)7-27-21(32)15-9-28-10-17-29-5-1-2-14(29)8-30(17)22(33)18(28)20(19(15)31)38-11-39-23(34)40-26-41-42(35,36)37/h3-4,6,9,14,17H,1-2,5,7-8,10-11H2,(H,27,32)(H2,35,36,37)/q-1/t14-,17+/m1/s1. The summed E-state index contributed by atoms with van der Waals surface area (Å²) in [6, 6.07) is 2.95. The molecule has 1 aromatic heterocycles. The Bertz CT molecular complexity index is 1540. The van der Waals surface area contributed by atoms with Crippen LogP contribution in [0.5, 0.6) is 5.75 Å². The third-order valence-corrected chi connectivity index (χ3v) is 9.72. The molecule has 0 unspecified atom stereocenters. The first-order valence-corrected chi connectivity index (χ1v) is 15.6. The van der Waals surface area contributed by atoms with Crippen LogP contribution >= 0.6 is 7.82 Å². The Morgan fingerprint density at radius 2 is 1.98 bits per heavy atom. The number of benzene rings is 1. The van der Waals surface area contributed by atoms with Crippen molar-refractivity contribution in [3.63, 3.8) is 0 Å². The van der Waals surface area contributed by atoms with E-state index >= 15 is 0 Å². The van der Waals surface area contributed by atoms with Crippen LogP contribution in [0.2, 0.25) is 0 Å². The Morgan fingerprint density at radius 3 is 2.71 bits per heavy atom. The molecule has 0 saturated carbocycles. The zero-order valence-electron chi connectivity index (χ0n) is 21.4. The number of hydrogen-bond donors (Lipinski definition) is 3. The van der Waals surface area contributed by atoms with Crippen LogP contribution in [0.4, 0.5) is 13.6 Å².